The van der Waals surface area contributed by atoms with Crippen molar-refractivity contribution >= 4 is 45.7 Å². The number of fused-ring (bicyclic) bond motifs is 2. The molecule has 44 heavy (non-hydrogen) atoms. The van der Waals surface area contributed by atoms with Crippen LogP contribution in [0.5, 0.6) is 0 Å². The number of halogens is 1. The second-order valence-corrected chi connectivity index (χ2v) is 11.7. The molecule has 0 bridgehead atoms. The Morgan fingerprint density at radius 3 is 2.66 bits per heavy atom. The lowest BCUT2D eigenvalue weighted by molar-refractivity contribution is -0.145. The van der Waals surface area contributed by atoms with Crippen molar-refractivity contribution in [3.8, 4) is 11.3 Å². The summed E-state index contributed by atoms with van der Waals surface area (Å²) in [5.41, 5.74) is 5.26. The largest absolute Gasteiger partial charge is 0.463 e. The molecule has 228 valence electrons. The Kier molecular flexibility index (Phi) is 9.36. The second kappa shape index (κ2) is 13.4. The van der Waals surface area contributed by atoms with Gasteiger partial charge in [0.05, 0.1) is 17.8 Å². The van der Waals surface area contributed by atoms with Gasteiger partial charge in [-0.05, 0) is 75.2 Å². The zero-order valence-corrected chi connectivity index (χ0v) is 25.8. The number of rotatable bonds is 10. The summed E-state index contributed by atoms with van der Waals surface area (Å²) in [4.78, 5) is 33.2. The highest BCUT2D eigenvalue weighted by atomic mass is 35.5. The molecule has 3 heterocycles. The third-order valence-corrected chi connectivity index (χ3v) is 6.99. The van der Waals surface area contributed by atoms with Crippen LogP contribution in [-0.4, -0.2) is 61.8 Å². The van der Waals surface area contributed by atoms with Gasteiger partial charge in [0.25, 0.3) is 0 Å². The molecule has 0 spiro atoms. The molecule has 0 aliphatic rings. The third kappa shape index (κ3) is 7.86. The predicted molar refractivity (Wildman–Crippen MR) is 168 cm³/mol. The number of nitrogens with zero attached hydrogens (tertiary/aromatic N) is 5. The van der Waals surface area contributed by atoms with E-state index in [2.05, 4.69) is 32.0 Å². The third-order valence-electron chi connectivity index (χ3n) is 6.63. The van der Waals surface area contributed by atoms with Gasteiger partial charge < -0.3 is 20.1 Å². The average molecular weight is 616 g/mol. The van der Waals surface area contributed by atoms with Crippen LogP contribution in [0.4, 0.5) is 4.79 Å². The standard InChI is InChI=1S/C32H34ClN7O4/c1-20(36-31(42)44-32(2,3)4)30(41)43-15-14-34-18-24-9-8-23(17-25(24)33)27-11-12-28-29(37-27)40(39-38-28)19-21-7-10-26-22(16-21)6-5-13-35-26/h5-13,16-17,20,34H,14-15,18-19H2,1-4H3,(H,36,42)/t20-/m0/s1. The summed E-state index contributed by atoms with van der Waals surface area (Å²) in [5, 5.41) is 16.0. The SMILES string of the molecule is C[C@H](NC(=O)OC(C)(C)C)C(=O)OCCNCc1ccc(-c2ccc3nnn(Cc4ccc5ncccc5c4)c3n2)cc1Cl. The van der Waals surface area contributed by atoms with E-state index < -0.39 is 23.7 Å². The van der Waals surface area contributed by atoms with Gasteiger partial charge >= 0.3 is 12.1 Å². The topological polar surface area (TPSA) is 133 Å². The van der Waals surface area contributed by atoms with Gasteiger partial charge in [-0.1, -0.05) is 41.1 Å². The molecule has 0 aliphatic carbocycles. The van der Waals surface area contributed by atoms with Gasteiger partial charge in [-0.25, -0.2) is 19.3 Å². The van der Waals surface area contributed by atoms with Crippen molar-refractivity contribution in [3.05, 3.63) is 83.0 Å². The first kappa shape index (κ1) is 30.8. The highest BCUT2D eigenvalue weighted by Gasteiger charge is 2.21. The molecule has 0 unspecified atom stereocenters. The summed E-state index contributed by atoms with van der Waals surface area (Å²) in [6.07, 6.45) is 1.11. The second-order valence-electron chi connectivity index (χ2n) is 11.3. The lowest BCUT2D eigenvalue weighted by Crippen LogP contribution is -2.42. The molecule has 12 heteroatoms. The van der Waals surface area contributed by atoms with Crippen LogP contribution in [0.25, 0.3) is 33.3 Å². The highest BCUT2D eigenvalue weighted by Crippen LogP contribution is 2.26. The van der Waals surface area contributed by atoms with Gasteiger partial charge in [0.1, 0.15) is 23.8 Å². The minimum absolute atomic E-state index is 0.136. The molecule has 0 aliphatic heterocycles. The first-order valence-corrected chi connectivity index (χ1v) is 14.6. The van der Waals surface area contributed by atoms with Gasteiger partial charge in [-0.3, -0.25) is 4.98 Å². The van der Waals surface area contributed by atoms with Crippen LogP contribution >= 0.6 is 11.6 Å². The van der Waals surface area contributed by atoms with Gasteiger partial charge in [-0.2, -0.15) is 0 Å². The first-order valence-electron chi connectivity index (χ1n) is 14.3. The number of carbonyl (C=O) groups excluding carboxylic acids is 2. The number of aromatic nitrogens is 5. The van der Waals surface area contributed by atoms with Crippen molar-refractivity contribution in [2.45, 2.75) is 52.4 Å². The summed E-state index contributed by atoms with van der Waals surface area (Å²) in [5.74, 6) is -0.546. The van der Waals surface area contributed by atoms with Crippen LogP contribution in [0.3, 0.4) is 0 Å². The fraction of sp³-hybridized carbons (Fsp3) is 0.312. The molecule has 0 radical (unpaired) electrons. The van der Waals surface area contributed by atoms with E-state index in [0.717, 1.165) is 33.3 Å². The van der Waals surface area contributed by atoms with E-state index in [-0.39, 0.29) is 6.61 Å². The number of carbonyl (C=O) groups is 2. The zero-order valence-electron chi connectivity index (χ0n) is 25.0. The Bertz CT molecular complexity index is 1800. The molecule has 0 saturated heterocycles. The molecular formula is C32H34ClN7O4. The van der Waals surface area contributed by atoms with Crippen LogP contribution < -0.4 is 10.6 Å². The first-order chi connectivity index (χ1) is 21.1. The lowest BCUT2D eigenvalue weighted by atomic mass is 10.1. The summed E-state index contributed by atoms with van der Waals surface area (Å²) >= 11 is 6.62. The zero-order chi connectivity index (χ0) is 31.3. The molecule has 1 amide bonds. The van der Waals surface area contributed by atoms with Crippen LogP contribution in [-0.2, 0) is 27.4 Å². The lowest BCUT2D eigenvalue weighted by Gasteiger charge is -2.21. The molecule has 0 fully saturated rings. The molecule has 0 saturated carbocycles. The fourth-order valence-corrected chi connectivity index (χ4v) is 4.73. The summed E-state index contributed by atoms with van der Waals surface area (Å²) in [6, 6.07) is 18.8. The Labute approximate surface area is 259 Å². The number of alkyl carbamates (subject to hydrolysis) is 1. The van der Waals surface area contributed by atoms with Crippen molar-refractivity contribution in [2.24, 2.45) is 0 Å². The minimum atomic E-state index is -0.828. The molecule has 1 atom stereocenters. The van der Waals surface area contributed by atoms with Gasteiger partial charge in [0.15, 0.2) is 5.65 Å². The predicted octanol–water partition coefficient (Wildman–Crippen LogP) is 5.29. The van der Waals surface area contributed by atoms with Crippen molar-refractivity contribution in [2.75, 3.05) is 13.2 Å². The molecule has 5 rings (SSSR count). The van der Waals surface area contributed by atoms with E-state index in [0.29, 0.717) is 35.8 Å². The minimum Gasteiger partial charge on any atom is -0.463 e. The smallest absolute Gasteiger partial charge is 0.408 e. The van der Waals surface area contributed by atoms with E-state index in [1.165, 1.54) is 0 Å². The number of hydrogen-bond acceptors (Lipinski definition) is 9. The summed E-state index contributed by atoms with van der Waals surface area (Å²) in [6.45, 7) is 8.34. The highest BCUT2D eigenvalue weighted by molar-refractivity contribution is 6.31. The van der Waals surface area contributed by atoms with E-state index >= 15 is 0 Å². The van der Waals surface area contributed by atoms with Crippen molar-refractivity contribution in [1.29, 1.82) is 0 Å². The number of benzene rings is 2. The summed E-state index contributed by atoms with van der Waals surface area (Å²) in [7, 11) is 0. The van der Waals surface area contributed by atoms with E-state index in [1.807, 2.05) is 54.6 Å². The number of amides is 1. The Balaban J connectivity index is 1.15. The van der Waals surface area contributed by atoms with Crippen molar-refractivity contribution in [1.82, 2.24) is 35.6 Å². The summed E-state index contributed by atoms with van der Waals surface area (Å²) < 4.78 is 12.2. The van der Waals surface area contributed by atoms with Crippen LogP contribution in [0.15, 0.2) is 66.9 Å². The van der Waals surface area contributed by atoms with E-state index in [9.17, 15) is 9.59 Å². The van der Waals surface area contributed by atoms with Crippen LogP contribution in [0, 0.1) is 0 Å². The van der Waals surface area contributed by atoms with Crippen molar-refractivity contribution < 1.29 is 19.1 Å². The number of ether oxygens (including phenoxy) is 2. The average Bonchev–Trinajstić information content (AvgIpc) is 3.38. The quantitative estimate of drug-likeness (QED) is 0.159. The molecular weight excluding hydrogens is 582 g/mol. The molecule has 5 aromatic rings. The van der Waals surface area contributed by atoms with E-state index in [4.69, 9.17) is 26.1 Å². The Hall–Kier alpha value is -4.61. The Morgan fingerprint density at radius 1 is 1.05 bits per heavy atom. The van der Waals surface area contributed by atoms with Crippen LogP contribution in [0.2, 0.25) is 5.02 Å². The normalized spacial score (nSPS) is 12.3. The van der Waals surface area contributed by atoms with Gasteiger partial charge in [-0.15, -0.1) is 5.10 Å². The maximum absolute atomic E-state index is 12.2. The molecule has 2 aromatic carbocycles. The fourth-order valence-electron chi connectivity index (χ4n) is 4.48. The van der Waals surface area contributed by atoms with Crippen molar-refractivity contribution in [3.63, 3.8) is 0 Å². The maximum atomic E-state index is 12.2. The molecule has 3 aromatic heterocycles. The number of pyridine rings is 2. The number of hydrogen-bond donors (Lipinski definition) is 2. The number of esters is 1. The molecule has 2 N–H and O–H groups in total. The number of nitrogens with one attached hydrogen (secondary N) is 2. The van der Waals surface area contributed by atoms with Crippen LogP contribution in [0.1, 0.15) is 38.8 Å². The van der Waals surface area contributed by atoms with E-state index in [1.54, 1.807) is 38.6 Å². The van der Waals surface area contributed by atoms with Gasteiger partial charge in [0.2, 0.25) is 0 Å². The molecule has 11 nitrogen and oxygen atoms in total. The van der Waals surface area contributed by atoms with Gasteiger partial charge in [0, 0.05) is 35.3 Å². The Morgan fingerprint density at radius 2 is 1.86 bits per heavy atom. The monoisotopic (exact) mass is 615 g/mol. The maximum Gasteiger partial charge on any atom is 0.408 e.